The number of rotatable bonds is 6. The van der Waals surface area contributed by atoms with E-state index < -0.39 is 5.41 Å². The summed E-state index contributed by atoms with van der Waals surface area (Å²) in [6.07, 6.45) is 0. The lowest BCUT2D eigenvalue weighted by Crippen LogP contribution is -2.35. The standard InChI is InChI=1S/C22H18BrO2P/c23-17-26-21(24)25-16-22(18-10-4-1-5-11-18,19-12-6-2-7-13-19)20-14-8-3-9-15-20/h1-15,17H,16H2. The van der Waals surface area contributed by atoms with Gasteiger partial charge in [0.25, 0.3) is 0 Å². The van der Waals surface area contributed by atoms with E-state index in [4.69, 9.17) is 4.74 Å². The zero-order valence-electron chi connectivity index (χ0n) is 14.1. The molecule has 3 aromatic carbocycles. The summed E-state index contributed by atoms with van der Waals surface area (Å²) in [5.41, 5.74) is 2.41. The van der Waals surface area contributed by atoms with Crippen molar-refractivity contribution in [2.45, 2.75) is 5.41 Å². The van der Waals surface area contributed by atoms with Gasteiger partial charge in [0.2, 0.25) is 0 Å². The Bertz CT molecular complexity index is 768. The van der Waals surface area contributed by atoms with Crippen LogP contribution in [0.4, 0.5) is 4.79 Å². The molecule has 0 unspecified atom stereocenters. The molecular weight excluding hydrogens is 407 g/mol. The molecule has 0 bridgehead atoms. The average molecular weight is 425 g/mol. The SMILES string of the molecule is O=C(OCC(c1ccccc1)(c1ccccc1)c1ccccc1)P=CBr. The van der Waals surface area contributed by atoms with Gasteiger partial charge in [0.1, 0.15) is 6.61 Å². The molecule has 0 aliphatic heterocycles. The van der Waals surface area contributed by atoms with Crippen LogP contribution in [0.1, 0.15) is 16.7 Å². The van der Waals surface area contributed by atoms with Crippen molar-refractivity contribution in [3.05, 3.63) is 108 Å². The molecule has 4 heteroatoms. The molecule has 2 nitrogen and oxygen atoms in total. The molecule has 130 valence electrons. The highest BCUT2D eigenvalue weighted by Crippen LogP contribution is 2.39. The van der Waals surface area contributed by atoms with Crippen LogP contribution in [-0.4, -0.2) is 17.0 Å². The van der Waals surface area contributed by atoms with E-state index in [-0.39, 0.29) is 12.3 Å². The van der Waals surface area contributed by atoms with E-state index in [0.717, 1.165) is 16.7 Å². The van der Waals surface area contributed by atoms with Gasteiger partial charge < -0.3 is 4.74 Å². The minimum atomic E-state index is -0.568. The molecule has 0 fully saturated rings. The van der Waals surface area contributed by atoms with Crippen LogP contribution in [0, 0.1) is 0 Å². The molecule has 0 atom stereocenters. The van der Waals surface area contributed by atoms with Crippen molar-refractivity contribution in [1.82, 2.24) is 0 Å². The lowest BCUT2D eigenvalue weighted by atomic mass is 9.70. The number of ether oxygens (including phenoxy) is 1. The minimum Gasteiger partial charge on any atom is -0.458 e. The van der Waals surface area contributed by atoms with Gasteiger partial charge in [-0.15, -0.1) is 0 Å². The van der Waals surface area contributed by atoms with Crippen molar-refractivity contribution in [2.75, 3.05) is 6.61 Å². The van der Waals surface area contributed by atoms with Gasteiger partial charge in [-0.2, -0.15) is 0 Å². The fourth-order valence-corrected chi connectivity index (χ4v) is 3.89. The minimum absolute atomic E-state index is 0.234. The van der Waals surface area contributed by atoms with Gasteiger partial charge in [-0.25, -0.2) is 4.79 Å². The first-order valence-electron chi connectivity index (χ1n) is 8.23. The molecular formula is C22H18BrO2P. The highest BCUT2D eigenvalue weighted by molar-refractivity contribution is 9.18. The van der Waals surface area contributed by atoms with Gasteiger partial charge in [0, 0.05) is 12.9 Å². The normalized spacial score (nSPS) is 11.4. The van der Waals surface area contributed by atoms with Crippen LogP contribution >= 0.6 is 24.1 Å². The molecule has 3 rings (SSSR count). The summed E-state index contributed by atoms with van der Waals surface area (Å²) in [6.45, 7) is 0.234. The van der Waals surface area contributed by atoms with E-state index in [0.29, 0.717) is 8.20 Å². The predicted octanol–water partition coefficient (Wildman–Crippen LogP) is 6.26. The average Bonchev–Trinajstić information content (AvgIpc) is 2.71. The summed E-state index contributed by atoms with van der Waals surface area (Å²) >= 11 is 3.17. The van der Waals surface area contributed by atoms with E-state index in [1.165, 1.54) is 0 Å². The van der Waals surface area contributed by atoms with Gasteiger partial charge in [0.15, 0.2) is 0 Å². The molecule has 0 aromatic heterocycles. The van der Waals surface area contributed by atoms with Crippen LogP contribution in [0.5, 0.6) is 0 Å². The Morgan fingerprint density at radius 3 is 1.54 bits per heavy atom. The van der Waals surface area contributed by atoms with Crippen LogP contribution in [0.2, 0.25) is 0 Å². The largest absolute Gasteiger partial charge is 0.458 e. The third-order valence-electron chi connectivity index (χ3n) is 4.37. The van der Waals surface area contributed by atoms with Gasteiger partial charge in [-0.1, -0.05) is 107 Å². The van der Waals surface area contributed by atoms with Crippen LogP contribution in [0.15, 0.2) is 91.0 Å². The molecule has 26 heavy (non-hydrogen) atoms. The smallest absolute Gasteiger partial charge is 0.356 e. The monoisotopic (exact) mass is 424 g/mol. The molecule has 0 amide bonds. The van der Waals surface area contributed by atoms with Gasteiger partial charge in [-0.3, -0.25) is 0 Å². The maximum Gasteiger partial charge on any atom is 0.356 e. The molecule has 0 saturated carbocycles. The van der Waals surface area contributed by atoms with E-state index in [1.54, 1.807) is 4.71 Å². The topological polar surface area (TPSA) is 26.3 Å². The Balaban J connectivity index is 2.19. The van der Waals surface area contributed by atoms with Crippen LogP contribution in [0.3, 0.4) is 0 Å². The predicted molar refractivity (Wildman–Crippen MR) is 112 cm³/mol. The van der Waals surface area contributed by atoms with Gasteiger partial charge in [-0.05, 0) is 16.7 Å². The second kappa shape index (κ2) is 8.93. The van der Waals surface area contributed by atoms with E-state index >= 15 is 0 Å². The van der Waals surface area contributed by atoms with Crippen LogP contribution in [-0.2, 0) is 10.2 Å². The summed E-state index contributed by atoms with van der Waals surface area (Å²) in [7, 11) is 0.483. The fraction of sp³-hybridized carbons (Fsp3) is 0.0909. The molecule has 0 N–H and O–H groups in total. The number of benzene rings is 3. The third-order valence-corrected chi connectivity index (χ3v) is 5.42. The first-order chi connectivity index (χ1) is 12.8. The van der Waals surface area contributed by atoms with Crippen molar-refractivity contribution in [2.24, 2.45) is 0 Å². The molecule has 0 aliphatic rings. The number of hydrogen-bond donors (Lipinski definition) is 0. The third kappa shape index (κ3) is 3.95. The summed E-state index contributed by atoms with van der Waals surface area (Å²) < 4.78 is 7.30. The second-order valence-corrected chi connectivity index (χ2v) is 7.83. The van der Waals surface area contributed by atoms with Gasteiger partial charge in [0.05, 0.1) is 5.41 Å². The maximum atomic E-state index is 12.1. The summed E-state index contributed by atoms with van der Waals surface area (Å²) in [6, 6.07) is 30.6. The molecule has 0 aliphatic carbocycles. The molecule has 3 aromatic rings. The Kier molecular flexibility index (Phi) is 6.38. The fourth-order valence-electron chi connectivity index (χ4n) is 3.17. The van der Waals surface area contributed by atoms with Crippen molar-refractivity contribution in [3.63, 3.8) is 0 Å². The second-order valence-electron chi connectivity index (χ2n) is 5.78. The zero-order valence-corrected chi connectivity index (χ0v) is 16.6. The van der Waals surface area contributed by atoms with E-state index in [9.17, 15) is 4.79 Å². The molecule has 0 heterocycles. The summed E-state index contributed by atoms with van der Waals surface area (Å²) in [4.78, 5) is 12.1. The number of hydrogen-bond acceptors (Lipinski definition) is 2. The molecule has 0 spiro atoms. The summed E-state index contributed by atoms with van der Waals surface area (Å²) in [5, 5.41) is 0. The Labute approximate surface area is 163 Å². The van der Waals surface area contributed by atoms with E-state index in [2.05, 4.69) is 52.3 Å². The van der Waals surface area contributed by atoms with Crippen molar-refractivity contribution < 1.29 is 9.53 Å². The number of carbonyl (C=O) groups excluding carboxylic acids is 1. The first-order valence-corrected chi connectivity index (χ1v) is 10.1. The quantitative estimate of drug-likeness (QED) is 0.344. The highest BCUT2D eigenvalue weighted by atomic mass is 79.9. The lowest BCUT2D eigenvalue weighted by molar-refractivity contribution is 0.158. The lowest BCUT2D eigenvalue weighted by Gasteiger charge is -2.35. The van der Waals surface area contributed by atoms with Crippen molar-refractivity contribution in [1.29, 1.82) is 0 Å². The first kappa shape index (κ1) is 18.6. The van der Waals surface area contributed by atoms with Crippen molar-refractivity contribution >= 4 is 34.6 Å². The van der Waals surface area contributed by atoms with Crippen molar-refractivity contribution in [3.8, 4) is 0 Å². The molecule has 0 saturated heterocycles. The zero-order chi connectivity index (χ0) is 18.2. The maximum absolute atomic E-state index is 12.1. The Morgan fingerprint density at radius 2 is 1.19 bits per heavy atom. The molecule has 0 radical (unpaired) electrons. The van der Waals surface area contributed by atoms with Crippen LogP contribution in [0.25, 0.3) is 0 Å². The van der Waals surface area contributed by atoms with Gasteiger partial charge >= 0.3 is 5.71 Å². The Morgan fingerprint density at radius 1 is 0.808 bits per heavy atom. The number of halogens is 1. The van der Waals surface area contributed by atoms with Crippen LogP contribution < -0.4 is 0 Å². The highest BCUT2D eigenvalue weighted by Gasteiger charge is 2.37. The number of carbonyl (C=O) groups is 1. The van der Waals surface area contributed by atoms with E-state index in [1.807, 2.05) is 54.6 Å². The summed E-state index contributed by atoms with van der Waals surface area (Å²) in [5.74, 6) is 0. The Hall–Kier alpha value is -2.22.